The largest absolute Gasteiger partial charge is 0.351 e. The Morgan fingerprint density at radius 1 is 1.40 bits per heavy atom. The van der Waals surface area contributed by atoms with Crippen LogP contribution in [0, 0.1) is 0 Å². The summed E-state index contributed by atoms with van der Waals surface area (Å²) in [5.41, 5.74) is 1.41. The minimum absolute atomic E-state index is 0.0969. The predicted octanol–water partition coefficient (Wildman–Crippen LogP) is 1.10. The third-order valence-electron chi connectivity index (χ3n) is 3.34. The van der Waals surface area contributed by atoms with Gasteiger partial charge in [0.05, 0.1) is 0 Å². The molecule has 5 heteroatoms. The molecule has 1 fully saturated rings. The molecule has 0 unspecified atom stereocenters. The highest BCUT2D eigenvalue weighted by atomic mass is 16.2. The van der Waals surface area contributed by atoms with Gasteiger partial charge >= 0.3 is 0 Å². The summed E-state index contributed by atoms with van der Waals surface area (Å²) < 4.78 is 0. The lowest BCUT2D eigenvalue weighted by molar-refractivity contribution is -0.117. The van der Waals surface area contributed by atoms with Gasteiger partial charge in [-0.05, 0) is 38.7 Å². The molecule has 1 N–H and O–H groups in total. The molecular formula is C15H21N3O2. The average Bonchev–Trinajstić information content (AvgIpc) is 2.84. The number of nitrogens with one attached hydrogen (secondary N) is 1. The number of carbonyl (C=O) groups excluding carboxylic acids is 2. The maximum atomic E-state index is 12.0. The zero-order valence-corrected chi connectivity index (χ0v) is 12.1. The first-order chi connectivity index (χ1) is 9.58. The van der Waals surface area contributed by atoms with E-state index in [2.05, 4.69) is 5.32 Å². The normalized spacial score (nSPS) is 14.9. The third-order valence-corrected chi connectivity index (χ3v) is 3.34. The van der Waals surface area contributed by atoms with E-state index in [1.54, 1.807) is 17.0 Å². The first-order valence-electron chi connectivity index (χ1n) is 6.91. The highest BCUT2D eigenvalue weighted by Gasteiger charge is 2.22. The highest BCUT2D eigenvalue weighted by Crippen LogP contribution is 2.22. The second kappa shape index (κ2) is 6.52. The van der Waals surface area contributed by atoms with Crippen molar-refractivity contribution in [2.24, 2.45) is 0 Å². The predicted molar refractivity (Wildman–Crippen MR) is 78.9 cm³/mol. The Labute approximate surface area is 119 Å². The number of nitrogens with zero attached hydrogens (tertiary/aromatic N) is 2. The van der Waals surface area contributed by atoms with Gasteiger partial charge in [-0.3, -0.25) is 9.59 Å². The van der Waals surface area contributed by atoms with Crippen molar-refractivity contribution in [1.82, 2.24) is 10.2 Å². The Morgan fingerprint density at radius 2 is 2.20 bits per heavy atom. The Kier molecular flexibility index (Phi) is 4.74. The van der Waals surface area contributed by atoms with Gasteiger partial charge in [0.1, 0.15) is 0 Å². The van der Waals surface area contributed by atoms with E-state index in [-0.39, 0.29) is 11.8 Å². The summed E-state index contributed by atoms with van der Waals surface area (Å²) in [7, 11) is 3.93. The molecule has 2 amide bonds. The van der Waals surface area contributed by atoms with Gasteiger partial charge in [-0.15, -0.1) is 0 Å². The van der Waals surface area contributed by atoms with Gasteiger partial charge in [0, 0.05) is 37.3 Å². The van der Waals surface area contributed by atoms with Crippen molar-refractivity contribution in [2.75, 3.05) is 38.6 Å². The number of likely N-dealkylation sites (N-methyl/N-ethyl adjacent to an activating group) is 1. The van der Waals surface area contributed by atoms with Crippen molar-refractivity contribution in [3.63, 3.8) is 0 Å². The molecule has 0 bridgehead atoms. The van der Waals surface area contributed by atoms with E-state index in [1.165, 1.54) is 0 Å². The fourth-order valence-electron chi connectivity index (χ4n) is 2.23. The van der Waals surface area contributed by atoms with Gasteiger partial charge in [-0.2, -0.15) is 0 Å². The summed E-state index contributed by atoms with van der Waals surface area (Å²) in [6.07, 6.45) is 1.48. The summed E-state index contributed by atoms with van der Waals surface area (Å²) in [4.78, 5) is 27.5. The minimum Gasteiger partial charge on any atom is -0.351 e. The molecule has 0 atom stereocenters. The van der Waals surface area contributed by atoms with Gasteiger partial charge < -0.3 is 15.1 Å². The number of hydrogen-bond donors (Lipinski definition) is 1. The Hall–Kier alpha value is -1.88. The van der Waals surface area contributed by atoms with Crippen LogP contribution < -0.4 is 10.2 Å². The molecule has 1 aliphatic heterocycles. The average molecular weight is 275 g/mol. The molecule has 1 aromatic rings. The Morgan fingerprint density at radius 3 is 2.85 bits per heavy atom. The van der Waals surface area contributed by atoms with Gasteiger partial charge in [-0.25, -0.2) is 0 Å². The van der Waals surface area contributed by atoms with Crippen LogP contribution in [0.4, 0.5) is 5.69 Å². The molecule has 5 nitrogen and oxygen atoms in total. The van der Waals surface area contributed by atoms with Crippen molar-refractivity contribution < 1.29 is 9.59 Å². The van der Waals surface area contributed by atoms with Crippen LogP contribution in [-0.2, 0) is 4.79 Å². The maximum absolute atomic E-state index is 12.0. The van der Waals surface area contributed by atoms with E-state index in [9.17, 15) is 9.59 Å². The molecule has 0 aliphatic carbocycles. The molecule has 1 heterocycles. The maximum Gasteiger partial charge on any atom is 0.251 e. The first-order valence-corrected chi connectivity index (χ1v) is 6.91. The molecule has 0 saturated carbocycles. The number of benzene rings is 1. The molecule has 1 aromatic carbocycles. The second-order valence-electron chi connectivity index (χ2n) is 5.26. The summed E-state index contributed by atoms with van der Waals surface area (Å²) in [6.45, 7) is 2.15. The second-order valence-corrected chi connectivity index (χ2v) is 5.26. The van der Waals surface area contributed by atoms with E-state index in [4.69, 9.17) is 0 Å². The highest BCUT2D eigenvalue weighted by molar-refractivity contribution is 5.99. The van der Waals surface area contributed by atoms with Crippen LogP contribution >= 0.6 is 0 Å². The van der Waals surface area contributed by atoms with Gasteiger partial charge in [0.25, 0.3) is 5.91 Å². The number of anilines is 1. The van der Waals surface area contributed by atoms with Crippen molar-refractivity contribution >= 4 is 17.5 Å². The van der Waals surface area contributed by atoms with Crippen LogP contribution in [0.15, 0.2) is 24.3 Å². The summed E-state index contributed by atoms with van der Waals surface area (Å²) >= 11 is 0. The van der Waals surface area contributed by atoms with Crippen LogP contribution in [0.25, 0.3) is 0 Å². The van der Waals surface area contributed by atoms with Gasteiger partial charge in [-0.1, -0.05) is 6.07 Å². The van der Waals surface area contributed by atoms with E-state index in [1.807, 2.05) is 31.1 Å². The monoisotopic (exact) mass is 275 g/mol. The third kappa shape index (κ3) is 3.57. The van der Waals surface area contributed by atoms with Crippen molar-refractivity contribution in [1.29, 1.82) is 0 Å². The van der Waals surface area contributed by atoms with Gasteiger partial charge in [0.2, 0.25) is 5.91 Å². The summed E-state index contributed by atoms with van der Waals surface area (Å²) in [5, 5.41) is 2.88. The molecular weight excluding hydrogens is 254 g/mol. The zero-order valence-electron chi connectivity index (χ0n) is 12.1. The number of carbonyl (C=O) groups is 2. The Bertz CT molecular complexity index is 500. The van der Waals surface area contributed by atoms with E-state index in [0.717, 1.165) is 25.2 Å². The van der Waals surface area contributed by atoms with Crippen molar-refractivity contribution in [3.8, 4) is 0 Å². The van der Waals surface area contributed by atoms with Crippen LogP contribution in [0.5, 0.6) is 0 Å². The topological polar surface area (TPSA) is 52.7 Å². The quantitative estimate of drug-likeness (QED) is 0.875. The minimum atomic E-state index is -0.0969. The molecule has 0 radical (unpaired) electrons. The fourth-order valence-corrected chi connectivity index (χ4v) is 2.23. The van der Waals surface area contributed by atoms with Crippen LogP contribution in [0.2, 0.25) is 0 Å². The SMILES string of the molecule is CN(C)CCNC(=O)c1cccc(N2CCCC2=O)c1. The number of rotatable bonds is 5. The Balaban J connectivity index is 2.02. The number of amides is 2. The van der Waals surface area contributed by atoms with Crippen molar-refractivity contribution in [2.45, 2.75) is 12.8 Å². The molecule has 0 aromatic heterocycles. The molecule has 2 rings (SSSR count). The lowest BCUT2D eigenvalue weighted by Crippen LogP contribution is -2.31. The number of hydrogen-bond acceptors (Lipinski definition) is 3. The molecule has 1 saturated heterocycles. The molecule has 0 spiro atoms. The molecule has 20 heavy (non-hydrogen) atoms. The van der Waals surface area contributed by atoms with Crippen LogP contribution in [0.1, 0.15) is 23.2 Å². The summed E-state index contributed by atoms with van der Waals surface area (Å²) in [6, 6.07) is 7.25. The molecule has 108 valence electrons. The van der Waals surface area contributed by atoms with E-state index in [0.29, 0.717) is 18.5 Å². The van der Waals surface area contributed by atoms with Crippen molar-refractivity contribution in [3.05, 3.63) is 29.8 Å². The lowest BCUT2D eigenvalue weighted by atomic mass is 10.1. The van der Waals surface area contributed by atoms with Crippen LogP contribution in [-0.4, -0.2) is 50.4 Å². The molecule has 1 aliphatic rings. The zero-order chi connectivity index (χ0) is 14.5. The smallest absolute Gasteiger partial charge is 0.251 e. The lowest BCUT2D eigenvalue weighted by Gasteiger charge is -2.16. The summed E-state index contributed by atoms with van der Waals surface area (Å²) in [5.74, 6) is 0.0375. The van der Waals surface area contributed by atoms with E-state index >= 15 is 0 Å². The van der Waals surface area contributed by atoms with Gasteiger partial charge in [0.15, 0.2) is 0 Å². The van der Waals surface area contributed by atoms with Crippen LogP contribution in [0.3, 0.4) is 0 Å². The standard InChI is InChI=1S/C15H21N3O2/c1-17(2)10-8-16-15(20)12-5-3-6-13(11-12)18-9-4-7-14(18)19/h3,5-6,11H,4,7-10H2,1-2H3,(H,16,20). The first kappa shape index (κ1) is 14.5. The fraction of sp³-hybridized carbons (Fsp3) is 0.467. The van der Waals surface area contributed by atoms with E-state index < -0.39 is 0 Å².